The first-order valence-electron chi connectivity index (χ1n) is 7.15. The van der Waals surface area contributed by atoms with Gasteiger partial charge in [0.25, 0.3) is 0 Å². The Balaban J connectivity index is 1.67. The lowest BCUT2D eigenvalue weighted by Gasteiger charge is -2.22. The monoisotopic (exact) mass is 271 g/mol. The van der Waals surface area contributed by atoms with Crippen LogP contribution in [0.5, 0.6) is 0 Å². The molecule has 2 aromatic rings. The van der Waals surface area contributed by atoms with E-state index in [-0.39, 0.29) is 6.10 Å². The quantitative estimate of drug-likeness (QED) is 0.851. The zero-order valence-corrected chi connectivity index (χ0v) is 11.9. The third-order valence-electron chi connectivity index (χ3n) is 3.92. The fourth-order valence-corrected chi connectivity index (χ4v) is 2.74. The molecular formula is C16H21N3O. The highest BCUT2D eigenvalue weighted by Gasteiger charge is 2.21. The maximum Gasteiger partial charge on any atom is 0.0893 e. The van der Waals surface area contributed by atoms with Crippen molar-refractivity contribution in [1.82, 2.24) is 14.7 Å². The van der Waals surface area contributed by atoms with Crippen molar-refractivity contribution >= 4 is 0 Å². The molecule has 0 amide bonds. The van der Waals surface area contributed by atoms with Gasteiger partial charge in [0.05, 0.1) is 18.3 Å². The van der Waals surface area contributed by atoms with Crippen molar-refractivity contribution in [1.29, 1.82) is 0 Å². The van der Waals surface area contributed by atoms with E-state index in [9.17, 15) is 0 Å². The van der Waals surface area contributed by atoms with Crippen LogP contribution >= 0.6 is 0 Å². The largest absolute Gasteiger partial charge is 0.378 e. The first kappa shape index (κ1) is 13.3. The third kappa shape index (κ3) is 3.08. The molecule has 4 nitrogen and oxygen atoms in total. The molecule has 106 valence electrons. The second-order valence-corrected chi connectivity index (χ2v) is 5.33. The smallest absolute Gasteiger partial charge is 0.0893 e. The number of fused-ring (bicyclic) bond motifs is 1. The number of benzene rings is 1. The van der Waals surface area contributed by atoms with Gasteiger partial charge in [-0.3, -0.25) is 9.58 Å². The minimum atomic E-state index is 0.215. The summed E-state index contributed by atoms with van der Waals surface area (Å²) in [5.41, 5.74) is 2.66. The number of ether oxygens (including phenoxy) is 1. The number of methoxy groups -OCH3 is 1. The van der Waals surface area contributed by atoms with Crippen LogP contribution in [-0.2, 0) is 24.2 Å². The van der Waals surface area contributed by atoms with E-state index < -0.39 is 0 Å². The molecule has 1 aliphatic rings. The summed E-state index contributed by atoms with van der Waals surface area (Å²) in [5, 5.41) is 4.38. The number of nitrogens with zero attached hydrogens (tertiary/aromatic N) is 3. The van der Waals surface area contributed by atoms with E-state index in [1.165, 1.54) is 11.3 Å². The highest BCUT2D eigenvalue weighted by Crippen LogP contribution is 2.14. The van der Waals surface area contributed by atoms with Gasteiger partial charge in [0.1, 0.15) is 0 Å². The highest BCUT2D eigenvalue weighted by atomic mass is 16.5. The molecule has 0 spiro atoms. The van der Waals surface area contributed by atoms with Crippen molar-refractivity contribution in [3.8, 4) is 0 Å². The Morgan fingerprint density at radius 3 is 2.85 bits per heavy atom. The predicted octanol–water partition coefficient (Wildman–Crippen LogP) is 1.96. The number of hydrogen-bond donors (Lipinski definition) is 0. The van der Waals surface area contributed by atoms with Crippen molar-refractivity contribution in [3.05, 3.63) is 53.9 Å². The summed E-state index contributed by atoms with van der Waals surface area (Å²) in [6.07, 6.45) is 3.17. The average molecular weight is 271 g/mol. The highest BCUT2D eigenvalue weighted by molar-refractivity contribution is 5.15. The molecule has 1 aromatic heterocycles. The van der Waals surface area contributed by atoms with Gasteiger partial charge in [0, 0.05) is 32.9 Å². The lowest BCUT2D eigenvalue weighted by molar-refractivity contribution is 0.0572. The van der Waals surface area contributed by atoms with E-state index in [1.807, 2.05) is 6.20 Å². The molecule has 2 heterocycles. The van der Waals surface area contributed by atoms with E-state index in [0.29, 0.717) is 0 Å². The van der Waals surface area contributed by atoms with Crippen LogP contribution in [0.3, 0.4) is 0 Å². The fraction of sp³-hybridized carbons (Fsp3) is 0.438. The molecule has 3 rings (SSSR count). The Hall–Kier alpha value is -1.65. The van der Waals surface area contributed by atoms with Gasteiger partial charge in [-0.2, -0.15) is 5.10 Å². The Kier molecular flexibility index (Phi) is 4.14. The molecule has 0 radical (unpaired) electrons. The topological polar surface area (TPSA) is 30.3 Å². The first-order valence-corrected chi connectivity index (χ1v) is 7.15. The normalized spacial score (nSPS) is 19.6. The fourth-order valence-electron chi connectivity index (χ4n) is 2.74. The number of hydrogen-bond acceptors (Lipinski definition) is 3. The van der Waals surface area contributed by atoms with Crippen LogP contribution in [0.4, 0.5) is 0 Å². The Bertz CT molecular complexity index is 538. The zero-order chi connectivity index (χ0) is 13.8. The number of aromatic nitrogens is 2. The average Bonchev–Trinajstić information content (AvgIpc) is 2.84. The van der Waals surface area contributed by atoms with Gasteiger partial charge in [0.2, 0.25) is 0 Å². The zero-order valence-electron chi connectivity index (χ0n) is 11.9. The molecule has 20 heavy (non-hydrogen) atoms. The summed E-state index contributed by atoms with van der Waals surface area (Å²) < 4.78 is 7.64. The van der Waals surface area contributed by atoms with Crippen molar-refractivity contribution in [2.45, 2.75) is 25.6 Å². The summed E-state index contributed by atoms with van der Waals surface area (Å²) in [6, 6.07) is 12.8. The molecule has 1 aliphatic heterocycles. The molecular weight excluding hydrogens is 250 g/mol. The lowest BCUT2D eigenvalue weighted by atomic mass is 10.1. The van der Waals surface area contributed by atoms with Crippen molar-refractivity contribution in [3.63, 3.8) is 0 Å². The van der Waals surface area contributed by atoms with Gasteiger partial charge in [-0.05, 0) is 18.1 Å². The molecule has 0 N–H and O–H groups in total. The van der Waals surface area contributed by atoms with Crippen molar-refractivity contribution in [2.75, 3.05) is 20.2 Å². The van der Waals surface area contributed by atoms with Gasteiger partial charge < -0.3 is 4.74 Å². The van der Waals surface area contributed by atoms with Crippen LogP contribution < -0.4 is 0 Å². The van der Waals surface area contributed by atoms with Gasteiger partial charge in [0.15, 0.2) is 0 Å². The summed E-state index contributed by atoms with van der Waals surface area (Å²) >= 11 is 0. The van der Waals surface area contributed by atoms with Crippen molar-refractivity contribution in [2.24, 2.45) is 0 Å². The maximum atomic E-state index is 5.58. The van der Waals surface area contributed by atoms with E-state index in [0.717, 1.165) is 32.6 Å². The second kappa shape index (κ2) is 6.20. The van der Waals surface area contributed by atoms with Gasteiger partial charge in [-0.1, -0.05) is 30.3 Å². The minimum Gasteiger partial charge on any atom is -0.378 e. The second-order valence-electron chi connectivity index (χ2n) is 5.33. The summed E-state index contributed by atoms with van der Waals surface area (Å²) in [7, 11) is 1.79. The molecule has 1 aromatic carbocycles. The molecule has 4 heteroatoms. The van der Waals surface area contributed by atoms with Crippen LogP contribution in [0, 0.1) is 0 Å². The minimum absolute atomic E-state index is 0.215. The Morgan fingerprint density at radius 1 is 1.20 bits per heavy atom. The third-order valence-corrected chi connectivity index (χ3v) is 3.92. The van der Waals surface area contributed by atoms with E-state index in [4.69, 9.17) is 4.74 Å². The molecule has 0 bridgehead atoms. The van der Waals surface area contributed by atoms with Crippen LogP contribution in [0.2, 0.25) is 0 Å². The summed E-state index contributed by atoms with van der Waals surface area (Å²) in [6.45, 7) is 3.81. The molecule has 0 saturated heterocycles. The molecule has 1 atom stereocenters. The standard InChI is InChI=1S/C16H21N3O/c1-20-16-12-18(10-8-14-5-3-2-4-6-14)11-15-7-9-17-19(15)13-16/h2-7,9,16H,8,10-13H2,1H3. The molecule has 0 saturated carbocycles. The summed E-state index contributed by atoms with van der Waals surface area (Å²) in [5.74, 6) is 0. The predicted molar refractivity (Wildman–Crippen MR) is 78.4 cm³/mol. The van der Waals surface area contributed by atoms with E-state index in [1.54, 1.807) is 7.11 Å². The number of rotatable bonds is 4. The first-order chi connectivity index (χ1) is 9.85. The van der Waals surface area contributed by atoms with E-state index >= 15 is 0 Å². The Labute approximate surface area is 120 Å². The van der Waals surface area contributed by atoms with Crippen LogP contribution in [0.1, 0.15) is 11.3 Å². The van der Waals surface area contributed by atoms with Gasteiger partial charge in [-0.15, -0.1) is 0 Å². The lowest BCUT2D eigenvalue weighted by Crippen LogP contribution is -2.33. The Morgan fingerprint density at radius 2 is 2.05 bits per heavy atom. The van der Waals surface area contributed by atoms with Crippen LogP contribution in [0.25, 0.3) is 0 Å². The van der Waals surface area contributed by atoms with Crippen LogP contribution in [-0.4, -0.2) is 41.0 Å². The maximum absolute atomic E-state index is 5.58. The molecule has 1 unspecified atom stereocenters. The molecule has 0 fully saturated rings. The van der Waals surface area contributed by atoms with E-state index in [2.05, 4.69) is 51.1 Å². The molecule has 0 aliphatic carbocycles. The SMILES string of the molecule is COC1CN(CCc2ccccc2)Cc2ccnn2C1. The van der Waals surface area contributed by atoms with Gasteiger partial charge >= 0.3 is 0 Å². The van der Waals surface area contributed by atoms with Crippen LogP contribution in [0.15, 0.2) is 42.6 Å². The van der Waals surface area contributed by atoms with Gasteiger partial charge in [-0.25, -0.2) is 0 Å². The summed E-state index contributed by atoms with van der Waals surface area (Å²) in [4.78, 5) is 2.46. The van der Waals surface area contributed by atoms with Crippen molar-refractivity contribution < 1.29 is 4.74 Å².